The molecule has 1 amide bonds. The molecular formula is C24H30N4O. The first-order valence-corrected chi connectivity index (χ1v) is 11.4. The lowest BCUT2D eigenvalue weighted by Gasteiger charge is -2.54. The smallest absolute Gasteiger partial charge is 0.256 e. The molecule has 5 nitrogen and oxygen atoms in total. The number of anilines is 1. The molecule has 7 rings (SSSR count). The summed E-state index contributed by atoms with van der Waals surface area (Å²) >= 11 is 0. The molecule has 2 atom stereocenters. The van der Waals surface area contributed by atoms with Crippen molar-refractivity contribution in [2.24, 2.45) is 23.7 Å². The van der Waals surface area contributed by atoms with E-state index in [0.717, 1.165) is 24.1 Å². The first-order valence-electron chi connectivity index (χ1n) is 11.4. The first-order chi connectivity index (χ1) is 14.2. The minimum atomic E-state index is 0.0529. The SMILES string of the molecule is CC1CC(c2ccccc2)Nc2c(C(=O)NC3C4CC5CC(C4)CC3C5)cnn21. The second-order valence-corrected chi connectivity index (χ2v) is 9.97. The zero-order chi connectivity index (χ0) is 19.5. The fraction of sp³-hybridized carbons (Fsp3) is 0.583. The lowest BCUT2D eigenvalue weighted by Crippen LogP contribution is -2.55. The summed E-state index contributed by atoms with van der Waals surface area (Å²) in [4.78, 5) is 13.3. The molecule has 4 saturated carbocycles. The molecule has 5 heteroatoms. The minimum Gasteiger partial charge on any atom is -0.363 e. The zero-order valence-corrected chi connectivity index (χ0v) is 17.1. The zero-order valence-electron chi connectivity index (χ0n) is 17.1. The van der Waals surface area contributed by atoms with Gasteiger partial charge in [-0.05, 0) is 74.7 Å². The number of fused-ring (bicyclic) bond motifs is 1. The Morgan fingerprint density at radius 2 is 1.72 bits per heavy atom. The molecular weight excluding hydrogens is 360 g/mol. The largest absolute Gasteiger partial charge is 0.363 e. The maximum atomic E-state index is 13.3. The molecule has 4 bridgehead atoms. The summed E-state index contributed by atoms with van der Waals surface area (Å²) in [5, 5.41) is 11.6. The van der Waals surface area contributed by atoms with Gasteiger partial charge in [-0.1, -0.05) is 30.3 Å². The Labute approximate surface area is 172 Å². The summed E-state index contributed by atoms with van der Waals surface area (Å²) < 4.78 is 1.99. The molecule has 0 saturated heterocycles. The summed E-state index contributed by atoms with van der Waals surface area (Å²) in [7, 11) is 0. The Morgan fingerprint density at radius 1 is 1.03 bits per heavy atom. The van der Waals surface area contributed by atoms with Crippen LogP contribution < -0.4 is 10.6 Å². The molecule has 1 aliphatic heterocycles. The Hall–Kier alpha value is -2.30. The average Bonchev–Trinajstić information content (AvgIpc) is 3.15. The Kier molecular flexibility index (Phi) is 4.00. The van der Waals surface area contributed by atoms with Crippen molar-refractivity contribution in [3.63, 3.8) is 0 Å². The van der Waals surface area contributed by atoms with E-state index in [9.17, 15) is 4.79 Å². The van der Waals surface area contributed by atoms with Crippen LogP contribution in [-0.2, 0) is 0 Å². The molecule has 0 spiro atoms. The van der Waals surface area contributed by atoms with Gasteiger partial charge in [0.05, 0.1) is 18.3 Å². The van der Waals surface area contributed by atoms with Crippen molar-refractivity contribution in [3.05, 3.63) is 47.7 Å². The quantitative estimate of drug-likeness (QED) is 0.808. The highest BCUT2D eigenvalue weighted by atomic mass is 16.1. The van der Waals surface area contributed by atoms with Crippen molar-refractivity contribution in [2.75, 3.05) is 5.32 Å². The minimum absolute atomic E-state index is 0.0529. The van der Waals surface area contributed by atoms with Crippen LogP contribution in [0.2, 0.25) is 0 Å². The normalized spacial score (nSPS) is 37.1. The van der Waals surface area contributed by atoms with Crippen LogP contribution in [0.25, 0.3) is 0 Å². The summed E-state index contributed by atoms with van der Waals surface area (Å²) in [6, 6.07) is 11.3. The van der Waals surface area contributed by atoms with E-state index in [1.807, 2.05) is 10.7 Å². The van der Waals surface area contributed by atoms with Gasteiger partial charge >= 0.3 is 0 Å². The Balaban J connectivity index is 1.24. The fourth-order valence-corrected chi connectivity index (χ4v) is 6.97. The molecule has 2 N–H and O–H groups in total. The van der Waals surface area contributed by atoms with Gasteiger partial charge in [-0.25, -0.2) is 4.68 Å². The van der Waals surface area contributed by atoms with Crippen molar-refractivity contribution < 1.29 is 4.79 Å². The third kappa shape index (κ3) is 2.89. The summed E-state index contributed by atoms with van der Waals surface area (Å²) in [6.45, 7) is 2.19. The van der Waals surface area contributed by atoms with Gasteiger partial charge < -0.3 is 10.6 Å². The molecule has 1 aromatic carbocycles. The molecule has 4 fully saturated rings. The van der Waals surface area contributed by atoms with Crippen LogP contribution in [0.4, 0.5) is 5.82 Å². The number of carbonyl (C=O) groups excluding carboxylic acids is 1. The molecule has 2 unspecified atom stereocenters. The lowest BCUT2D eigenvalue weighted by atomic mass is 9.54. The Bertz CT molecular complexity index is 892. The van der Waals surface area contributed by atoms with E-state index in [1.54, 1.807) is 6.20 Å². The van der Waals surface area contributed by atoms with Gasteiger partial charge in [0.25, 0.3) is 5.91 Å². The fourth-order valence-electron chi connectivity index (χ4n) is 6.97. The van der Waals surface area contributed by atoms with E-state index >= 15 is 0 Å². The third-order valence-corrected chi connectivity index (χ3v) is 8.07. The van der Waals surface area contributed by atoms with Crippen molar-refractivity contribution >= 4 is 11.7 Å². The standard InChI is InChI=1S/C24H30N4O/c1-14-7-21(17-5-3-2-4-6-17)26-23-20(13-25-28(14)23)24(29)27-22-18-9-15-8-16(11-18)12-19(22)10-15/h2-6,13-16,18-19,21-22,26H,7-12H2,1H3,(H,27,29). The van der Waals surface area contributed by atoms with E-state index in [-0.39, 0.29) is 18.0 Å². The highest BCUT2D eigenvalue weighted by Gasteiger charge is 2.48. The van der Waals surface area contributed by atoms with E-state index < -0.39 is 0 Å². The van der Waals surface area contributed by atoms with Crippen molar-refractivity contribution in [2.45, 2.75) is 63.6 Å². The van der Waals surface area contributed by atoms with Gasteiger partial charge in [0.1, 0.15) is 11.4 Å². The predicted molar refractivity (Wildman–Crippen MR) is 113 cm³/mol. The molecule has 2 heterocycles. The number of nitrogens with one attached hydrogen (secondary N) is 2. The molecule has 29 heavy (non-hydrogen) atoms. The van der Waals surface area contributed by atoms with Crippen molar-refractivity contribution in [1.82, 2.24) is 15.1 Å². The maximum absolute atomic E-state index is 13.3. The molecule has 0 radical (unpaired) electrons. The number of rotatable bonds is 3. The molecule has 152 valence electrons. The van der Waals surface area contributed by atoms with E-state index in [0.29, 0.717) is 23.4 Å². The number of hydrogen-bond acceptors (Lipinski definition) is 3. The number of nitrogens with zero attached hydrogens (tertiary/aromatic N) is 2. The average molecular weight is 391 g/mol. The third-order valence-electron chi connectivity index (χ3n) is 8.07. The highest BCUT2D eigenvalue weighted by molar-refractivity contribution is 5.99. The highest BCUT2D eigenvalue weighted by Crippen LogP contribution is 2.53. The van der Waals surface area contributed by atoms with Crippen LogP contribution in [0.1, 0.15) is 73.5 Å². The van der Waals surface area contributed by atoms with Gasteiger partial charge in [0.15, 0.2) is 0 Å². The van der Waals surface area contributed by atoms with Crippen LogP contribution >= 0.6 is 0 Å². The van der Waals surface area contributed by atoms with Crippen LogP contribution in [0, 0.1) is 23.7 Å². The van der Waals surface area contributed by atoms with Crippen molar-refractivity contribution in [1.29, 1.82) is 0 Å². The van der Waals surface area contributed by atoms with Gasteiger partial charge in [0.2, 0.25) is 0 Å². The van der Waals surface area contributed by atoms with Crippen LogP contribution in [0.5, 0.6) is 0 Å². The monoisotopic (exact) mass is 390 g/mol. The number of aromatic nitrogens is 2. The van der Waals surface area contributed by atoms with Gasteiger partial charge in [-0.3, -0.25) is 4.79 Å². The van der Waals surface area contributed by atoms with Crippen LogP contribution in [0.15, 0.2) is 36.5 Å². The van der Waals surface area contributed by atoms with Gasteiger partial charge in [-0.2, -0.15) is 5.10 Å². The second kappa shape index (κ2) is 6.61. The summed E-state index contributed by atoms with van der Waals surface area (Å²) in [6.07, 6.45) is 9.43. The number of carbonyl (C=O) groups is 1. The Morgan fingerprint density at radius 3 is 2.41 bits per heavy atom. The van der Waals surface area contributed by atoms with Crippen molar-refractivity contribution in [3.8, 4) is 0 Å². The van der Waals surface area contributed by atoms with Crippen LogP contribution in [-0.4, -0.2) is 21.7 Å². The maximum Gasteiger partial charge on any atom is 0.256 e. The molecule has 1 aromatic heterocycles. The molecule has 5 aliphatic rings. The second-order valence-electron chi connectivity index (χ2n) is 9.97. The van der Waals surface area contributed by atoms with Gasteiger partial charge in [0, 0.05) is 6.04 Å². The van der Waals surface area contributed by atoms with E-state index in [1.165, 1.54) is 37.7 Å². The first kappa shape index (κ1) is 17.5. The number of hydrogen-bond donors (Lipinski definition) is 2. The topological polar surface area (TPSA) is 59.0 Å². The van der Waals surface area contributed by atoms with E-state index in [2.05, 4.69) is 46.9 Å². The summed E-state index contributed by atoms with van der Waals surface area (Å²) in [5.74, 6) is 4.14. The number of benzene rings is 1. The predicted octanol–water partition coefficient (Wildman–Crippen LogP) is 4.56. The van der Waals surface area contributed by atoms with Gasteiger partial charge in [-0.15, -0.1) is 0 Å². The molecule has 2 aromatic rings. The molecule has 4 aliphatic carbocycles. The van der Waals surface area contributed by atoms with Crippen LogP contribution in [0.3, 0.4) is 0 Å². The summed E-state index contributed by atoms with van der Waals surface area (Å²) in [5.41, 5.74) is 1.96. The lowest BCUT2D eigenvalue weighted by molar-refractivity contribution is -0.0119. The van der Waals surface area contributed by atoms with E-state index in [4.69, 9.17) is 0 Å². The number of amides is 1.